The van der Waals surface area contributed by atoms with Gasteiger partial charge in [0.15, 0.2) is 0 Å². The van der Waals surface area contributed by atoms with Crippen molar-refractivity contribution in [3.05, 3.63) is 157 Å². The van der Waals surface area contributed by atoms with Crippen LogP contribution in [0.2, 0.25) is 0 Å². The van der Waals surface area contributed by atoms with Crippen molar-refractivity contribution in [1.29, 1.82) is 0 Å². The van der Waals surface area contributed by atoms with Gasteiger partial charge in [0.05, 0.1) is 80.2 Å². The number of pyridine rings is 4. The van der Waals surface area contributed by atoms with Crippen molar-refractivity contribution in [2.45, 2.75) is 9.79 Å². The number of benzene rings is 2. The minimum absolute atomic E-state index is 0.0341. The van der Waals surface area contributed by atoms with E-state index in [0.717, 1.165) is 0 Å². The molecule has 0 saturated heterocycles. The predicted octanol–water partition coefficient (Wildman–Crippen LogP) is 7.10. The Hall–Kier alpha value is -6.33. The van der Waals surface area contributed by atoms with Crippen molar-refractivity contribution >= 4 is 57.4 Å². The molecule has 0 fully saturated rings. The lowest BCUT2D eigenvalue weighted by Gasteiger charge is -2.09. The van der Waals surface area contributed by atoms with Gasteiger partial charge in [0.2, 0.25) is 9.84 Å². The van der Waals surface area contributed by atoms with Crippen molar-refractivity contribution in [2.75, 3.05) is 0 Å². The first kappa shape index (κ1) is 30.7. The molecule has 0 N–H and O–H groups in total. The van der Waals surface area contributed by atoms with Gasteiger partial charge in [-0.3, -0.25) is 39.9 Å². The zero-order valence-corrected chi connectivity index (χ0v) is 25.6. The lowest BCUT2D eigenvalue weighted by Crippen LogP contribution is -2.02. The van der Waals surface area contributed by atoms with Gasteiger partial charge in [0.25, 0.3) is 0 Å². The molecule has 0 atom stereocenters. The van der Waals surface area contributed by atoms with E-state index in [-0.39, 0.29) is 9.79 Å². The quantitative estimate of drug-likeness (QED) is 0.148. The van der Waals surface area contributed by atoms with E-state index < -0.39 is 9.84 Å². The van der Waals surface area contributed by atoms with Gasteiger partial charge in [0.1, 0.15) is 0 Å². The van der Waals surface area contributed by atoms with E-state index in [2.05, 4.69) is 39.9 Å². The monoisotopic (exact) mass is 634 g/mol. The molecule has 228 valence electrons. The van der Waals surface area contributed by atoms with Crippen molar-refractivity contribution in [3.8, 4) is 0 Å². The van der Waals surface area contributed by atoms with Gasteiger partial charge in [-0.2, -0.15) is 0 Å². The topological polar surface area (TPSA) is 135 Å². The van der Waals surface area contributed by atoms with Crippen LogP contribution >= 0.6 is 0 Å². The third-order valence-electron chi connectivity index (χ3n) is 6.61. The first-order valence-corrected chi connectivity index (χ1v) is 15.9. The zero-order chi connectivity index (χ0) is 32.3. The molecule has 6 aromatic rings. The summed E-state index contributed by atoms with van der Waals surface area (Å²) < 4.78 is 28.1. The predicted molar refractivity (Wildman–Crippen MR) is 184 cm³/mol. The number of rotatable bonds is 10. The maximum Gasteiger partial charge on any atom is 0.206 e. The highest BCUT2D eigenvalue weighted by molar-refractivity contribution is 7.91. The molecule has 0 aliphatic heterocycles. The average molecular weight is 635 g/mol. The summed E-state index contributed by atoms with van der Waals surface area (Å²) in [4.78, 5) is 35.4. The highest BCUT2D eigenvalue weighted by Gasteiger charge is 2.21. The van der Waals surface area contributed by atoms with Crippen LogP contribution in [0.1, 0.15) is 22.8 Å². The number of aromatic nitrogens is 4. The number of aliphatic imine (C=N–C) groups is 4. The molecule has 0 saturated carbocycles. The van der Waals surface area contributed by atoms with Crippen LogP contribution < -0.4 is 0 Å². The lowest BCUT2D eigenvalue weighted by molar-refractivity contribution is 0.596. The summed E-state index contributed by atoms with van der Waals surface area (Å²) in [6, 6.07) is 31.1. The molecule has 0 aliphatic carbocycles. The second kappa shape index (κ2) is 14.6. The Bertz CT molecular complexity index is 2040. The van der Waals surface area contributed by atoms with Gasteiger partial charge in [-0.05, 0) is 84.9 Å². The van der Waals surface area contributed by atoms with Crippen LogP contribution in [0, 0.1) is 0 Å². The van der Waals surface area contributed by atoms with E-state index in [1.165, 1.54) is 24.3 Å². The first-order valence-electron chi connectivity index (χ1n) is 14.4. The smallest absolute Gasteiger partial charge is 0.206 e. The van der Waals surface area contributed by atoms with Crippen molar-refractivity contribution < 1.29 is 8.42 Å². The maximum absolute atomic E-state index is 14.0. The Morgan fingerprint density at radius 2 is 0.723 bits per heavy atom. The van der Waals surface area contributed by atoms with Crippen LogP contribution in [0.15, 0.2) is 164 Å². The molecule has 0 unspecified atom stereocenters. The molecule has 4 aromatic heterocycles. The maximum atomic E-state index is 14.0. The van der Waals surface area contributed by atoms with E-state index in [9.17, 15) is 8.42 Å². The van der Waals surface area contributed by atoms with Gasteiger partial charge in [0, 0.05) is 24.8 Å². The Kier molecular flexibility index (Phi) is 9.55. The normalized spacial score (nSPS) is 12.1. The Morgan fingerprint density at radius 1 is 0.404 bits per heavy atom. The van der Waals surface area contributed by atoms with Gasteiger partial charge in [-0.25, -0.2) is 8.42 Å². The van der Waals surface area contributed by atoms with Crippen LogP contribution in [0.25, 0.3) is 0 Å². The van der Waals surface area contributed by atoms with E-state index in [1.54, 1.807) is 86.0 Å². The third-order valence-corrected chi connectivity index (χ3v) is 8.36. The number of hydrogen-bond acceptors (Lipinski definition) is 10. The summed E-state index contributed by atoms with van der Waals surface area (Å²) >= 11 is 0. The molecule has 11 heteroatoms. The van der Waals surface area contributed by atoms with Crippen LogP contribution in [-0.2, 0) is 9.84 Å². The van der Waals surface area contributed by atoms with Crippen molar-refractivity contribution in [1.82, 2.24) is 19.9 Å². The Labute approximate surface area is 271 Å². The zero-order valence-electron chi connectivity index (χ0n) is 24.8. The summed E-state index contributed by atoms with van der Waals surface area (Å²) in [6.07, 6.45) is 13.0. The average Bonchev–Trinajstić information content (AvgIpc) is 3.13. The Balaban J connectivity index is 1.39. The highest BCUT2D eigenvalue weighted by Crippen LogP contribution is 2.36. The minimum atomic E-state index is -4.03. The van der Waals surface area contributed by atoms with Crippen molar-refractivity contribution in [3.63, 3.8) is 0 Å². The molecule has 0 spiro atoms. The van der Waals surface area contributed by atoms with Crippen LogP contribution in [0.4, 0.5) is 22.7 Å². The van der Waals surface area contributed by atoms with E-state index in [4.69, 9.17) is 0 Å². The lowest BCUT2D eigenvalue weighted by atomic mass is 10.2. The second-order valence-corrected chi connectivity index (χ2v) is 11.8. The Morgan fingerprint density at radius 3 is 1.02 bits per heavy atom. The fourth-order valence-corrected chi connectivity index (χ4v) is 5.55. The fourth-order valence-electron chi connectivity index (χ4n) is 4.25. The van der Waals surface area contributed by atoms with Gasteiger partial charge >= 0.3 is 0 Å². The summed E-state index contributed by atoms with van der Waals surface area (Å²) in [5, 5.41) is 0. The van der Waals surface area contributed by atoms with Gasteiger partial charge in [-0.15, -0.1) is 0 Å². The molecule has 4 heterocycles. The van der Waals surface area contributed by atoms with Crippen LogP contribution in [-0.4, -0.2) is 53.2 Å². The first-order chi connectivity index (χ1) is 23.0. The van der Waals surface area contributed by atoms with Gasteiger partial charge < -0.3 is 0 Å². The van der Waals surface area contributed by atoms with E-state index in [0.29, 0.717) is 45.5 Å². The molecule has 0 amide bonds. The second-order valence-electron chi connectivity index (χ2n) is 9.86. The molecular weight excluding hydrogens is 609 g/mol. The summed E-state index contributed by atoms with van der Waals surface area (Å²) in [5.41, 5.74) is 4.11. The number of nitrogens with zero attached hydrogens (tertiary/aromatic N) is 8. The summed E-state index contributed by atoms with van der Waals surface area (Å²) in [6.45, 7) is 0. The standard InChI is InChI=1S/C36H26N8O2S/c45-47(46,31-13-15-33(41-23-27-9-1-5-17-37-27)35(21-31)43-25-29-11-3-7-19-39-29)32-14-16-34(42-24-28-10-2-6-18-38-28)36(22-32)44-26-30-12-4-8-20-40-30/h1-26H. The number of hydrogen-bond donors (Lipinski definition) is 0. The number of sulfone groups is 1. The molecule has 0 aliphatic rings. The molecule has 0 radical (unpaired) electrons. The fraction of sp³-hybridized carbons (Fsp3) is 0. The third kappa shape index (κ3) is 8.04. The molecular formula is C36H26N8O2S. The molecule has 2 aromatic carbocycles. The highest BCUT2D eigenvalue weighted by atomic mass is 32.2. The van der Waals surface area contributed by atoms with E-state index >= 15 is 0 Å². The van der Waals surface area contributed by atoms with E-state index in [1.807, 2.05) is 48.5 Å². The largest absolute Gasteiger partial charge is 0.255 e. The molecule has 47 heavy (non-hydrogen) atoms. The summed E-state index contributed by atoms with van der Waals surface area (Å²) in [7, 11) is -4.03. The molecule has 10 nitrogen and oxygen atoms in total. The molecule has 0 bridgehead atoms. The van der Waals surface area contributed by atoms with Crippen LogP contribution in [0.3, 0.4) is 0 Å². The van der Waals surface area contributed by atoms with Crippen LogP contribution in [0.5, 0.6) is 0 Å². The molecule has 6 rings (SSSR count). The van der Waals surface area contributed by atoms with Crippen molar-refractivity contribution in [2.24, 2.45) is 20.0 Å². The minimum Gasteiger partial charge on any atom is -0.255 e. The summed E-state index contributed by atoms with van der Waals surface area (Å²) in [5.74, 6) is 0. The SMILES string of the molecule is O=S(=O)(c1ccc(N=Cc2ccccn2)c(N=Cc2ccccn2)c1)c1ccc(N=Cc2ccccn2)c(N=Cc2ccccn2)c1. The van der Waals surface area contributed by atoms with Gasteiger partial charge in [-0.1, -0.05) is 24.3 Å².